The molecule has 0 aliphatic rings. The predicted molar refractivity (Wildman–Crippen MR) is 74.6 cm³/mol. The van der Waals surface area contributed by atoms with E-state index in [0.29, 0.717) is 0 Å². The third-order valence-corrected chi connectivity index (χ3v) is 4.98. The van der Waals surface area contributed by atoms with Crippen molar-refractivity contribution in [3.8, 4) is 0 Å². The van der Waals surface area contributed by atoms with Crippen molar-refractivity contribution in [1.29, 1.82) is 0 Å². The molecule has 0 heterocycles. The maximum Gasteiger partial charge on any atom is 2.00 e. The molecule has 14 heavy (non-hydrogen) atoms. The van der Waals surface area contributed by atoms with Gasteiger partial charge in [-0.3, -0.25) is 0 Å². The van der Waals surface area contributed by atoms with Gasteiger partial charge in [0.15, 0.2) is 0 Å². The predicted octanol–water partition coefficient (Wildman–Crippen LogP) is 3.75. The molecule has 0 unspecified atom stereocenters. The summed E-state index contributed by atoms with van der Waals surface area (Å²) in [6, 6.07) is 1.43. The largest absolute Gasteiger partial charge is 2.00 e. The fraction of sp³-hybridized carbons (Fsp3) is 1.00. The van der Waals surface area contributed by atoms with Gasteiger partial charge in [-0.05, 0) is 13.8 Å². The summed E-state index contributed by atoms with van der Waals surface area (Å²) in [5.41, 5.74) is 0. The van der Waals surface area contributed by atoms with Crippen molar-refractivity contribution in [3.05, 3.63) is 0 Å². The third kappa shape index (κ3) is 15.7. The van der Waals surface area contributed by atoms with Crippen LogP contribution >= 0.6 is 11.6 Å². The van der Waals surface area contributed by atoms with Gasteiger partial charge in [-0.15, -0.1) is 11.6 Å². The molecule has 0 N–H and O–H groups in total. The number of halogens is 1. The Bertz CT molecular complexity index is 121. The summed E-state index contributed by atoms with van der Waals surface area (Å²) >= 11 is 6.16. The second-order valence-corrected chi connectivity index (χ2v) is 9.04. The Hall–Kier alpha value is 1.27. The van der Waals surface area contributed by atoms with Gasteiger partial charge in [0.25, 0.3) is 0 Å². The van der Waals surface area contributed by atoms with E-state index in [1.807, 2.05) is 0 Å². The second-order valence-electron chi connectivity index (χ2n) is 4.59. The first-order valence-corrected chi connectivity index (χ1v) is 7.83. The van der Waals surface area contributed by atoms with E-state index >= 15 is 0 Å². The zero-order valence-corrected chi connectivity index (χ0v) is 13.8. The van der Waals surface area contributed by atoms with Crippen LogP contribution in [0.3, 0.4) is 0 Å². The number of hydrogen-bond acceptors (Lipinski definition) is 0. The van der Waals surface area contributed by atoms with Crippen LogP contribution < -0.4 is 0 Å². The standard InChI is InChI=1S/C11H25ClSi.Mg.2H/c1-4-5-6-7-8-9-10-13-11(2,3)12;;;/h4-10,13H2,1-3H3;;;/q;+2;2*-1. The van der Waals surface area contributed by atoms with Crippen molar-refractivity contribution in [2.24, 2.45) is 0 Å². The molecule has 0 nitrogen and oxygen atoms in total. The van der Waals surface area contributed by atoms with E-state index in [1.165, 1.54) is 44.6 Å². The molecular weight excluding hydrogens is 220 g/mol. The first-order valence-electron chi connectivity index (χ1n) is 5.75. The Morgan fingerprint density at radius 2 is 1.57 bits per heavy atom. The van der Waals surface area contributed by atoms with E-state index in [9.17, 15) is 0 Å². The van der Waals surface area contributed by atoms with E-state index < -0.39 is 0 Å². The van der Waals surface area contributed by atoms with Gasteiger partial charge in [0.1, 0.15) is 0 Å². The Morgan fingerprint density at radius 3 is 2.07 bits per heavy atom. The molecule has 0 aliphatic carbocycles. The van der Waals surface area contributed by atoms with Gasteiger partial charge in [0.2, 0.25) is 0 Å². The van der Waals surface area contributed by atoms with Gasteiger partial charge in [-0.2, -0.15) is 0 Å². The van der Waals surface area contributed by atoms with Crippen LogP contribution in [0.15, 0.2) is 0 Å². The molecule has 0 rings (SSSR count). The van der Waals surface area contributed by atoms with Crippen LogP contribution in [0.4, 0.5) is 0 Å². The normalized spacial score (nSPS) is 12.0. The fourth-order valence-electron chi connectivity index (χ4n) is 1.50. The van der Waals surface area contributed by atoms with Gasteiger partial charge in [0.05, 0.1) is 0 Å². The van der Waals surface area contributed by atoms with Gasteiger partial charge < -0.3 is 2.85 Å². The maximum atomic E-state index is 6.16. The quantitative estimate of drug-likeness (QED) is 0.348. The van der Waals surface area contributed by atoms with E-state index in [4.69, 9.17) is 11.6 Å². The first kappa shape index (κ1) is 17.7. The molecule has 0 fully saturated rings. The summed E-state index contributed by atoms with van der Waals surface area (Å²) in [6.07, 6.45) is 8.49. The van der Waals surface area contributed by atoms with Crippen LogP contribution in [-0.2, 0) is 0 Å². The molecule has 0 aromatic rings. The summed E-state index contributed by atoms with van der Waals surface area (Å²) in [7, 11) is -0.0244. The number of alkyl halides is 1. The van der Waals surface area contributed by atoms with Crippen molar-refractivity contribution in [1.82, 2.24) is 0 Å². The van der Waals surface area contributed by atoms with Crippen molar-refractivity contribution in [2.45, 2.75) is 69.8 Å². The Morgan fingerprint density at radius 1 is 1.07 bits per heavy atom. The first-order chi connectivity index (χ1) is 6.06. The van der Waals surface area contributed by atoms with Gasteiger partial charge in [-0.1, -0.05) is 51.5 Å². The molecule has 0 radical (unpaired) electrons. The summed E-state index contributed by atoms with van der Waals surface area (Å²) < 4.78 is 0.156. The maximum absolute atomic E-state index is 6.16. The average molecular weight is 247 g/mol. The summed E-state index contributed by atoms with van der Waals surface area (Å²) in [6.45, 7) is 6.60. The molecule has 0 amide bonds. The van der Waals surface area contributed by atoms with Crippen molar-refractivity contribution < 1.29 is 2.85 Å². The van der Waals surface area contributed by atoms with Crippen LogP contribution in [0, 0.1) is 0 Å². The monoisotopic (exact) mass is 246 g/mol. The summed E-state index contributed by atoms with van der Waals surface area (Å²) in [5, 5.41) is 0. The summed E-state index contributed by atoms with van der Waals surface area (Å²) in [4.78, 5) is 0. The summed E-state index contributed by atoms with van der Waals surface area (Å²) in [5.74, 6) is 0. The Labute approximate surface area is 117 Å². The van der Waals surface area contributed by atoms with Gasteiger partial charge in [0, 0.05) is 14.0 Å². The zero-order valence-electron chi connectivity index (χ0n) is 12.2. The molecule has 0 atom stereocenters. The SMILES string of the molecule is CCCCCCCC[SiH2]C(C)(C)Cl.[H-].[H-].[Mg+2]. The zero-order chi connectivity index (χ0) is 10.2. The van der Waals surface area contributed by atoms with E-state index in [0.717, 1.165) is 0 Å². The number of rotatable bonds is 8. The average Bonchev–Trinajstić information content (AvgIpc) is 2.01. The topological polar surface area (TPSA) is 0 Å². The molecule has 0 saturated heterocycles. The molecule has 0 aliphatic heterocycles. The van der Waals surface area contributed by atoms with E-state index in [-0.39, 0.29) is 39.9 Å². The Kier molecular flexibility index (Phi) is 13.6. The third-order valence-electron chi connectivity index (χ3n) is 2.37. The Balaban J connectivity index is -0.000000240. The van der Waals surface area contributed by atoms with E-state index in [2.05, 4.69) is 20.8 Å². The van der Waals surface area contributed by atoms with Crippen LogP contribution in [0.5, 0.6) is 0 Å². The minimum absolute atomic E-state index is 0. The molecule has 84 valence electrons. The minimum Gasteiger partial charge on any atom is -1.00 e. The van der Waals surface area contributed by atoms with Crippen LogP contribution in [0.2, 0.25) is 6.04 Å². The molecule has 0 saturated carbocycles. The molecule has 0 spiro atoms. The van der Waals surface area contributed by atoms with Crippen molar-refractivity contribution in [3.63, 3.8) is 0 Å². The second kappa shape index (κ2) is 10.8. The van der Waals surface area contributed by atoms with Gasteiger partial charge in [-0.25, -0.2) is 0 Å². The van der Waals surface area contributed by atoms with Crippen LogP contribution in [0.25, 0.3) is 0 Å². The molecule has 0 bridgehead atoms. The molecule has 0 aromatic heterocycles. The molecule has 3 heteroatoms. The van der Waals surface area contributed by atoms with Crippen molar-refractivity contribution in [2.75, 3.05) is 0 Å². The number of unbranched alkanes of at least 4 members (excludes halogenated alkanes) is 5. The van der Waals surface area contributed by atoms with E-state index in [1.54, 1.807) is 0 Å². The van der Waals surface area contributed by atoms with Crippen LogP contribution in [0.1, 0.15) is 62.1 Å². The fourth-order valence-corrected chi connectivity index (χ4v) is 3.35. The molecule has 0 aromatic carbocycles. The van der Waals surface area contributed by atoms with Crippen molar-refractivity contribution >= 4 is 44.2 Å². The van der Waals surface area contributed by atoms with Gasteiger partial charge >= 0.3 is 23.1 Å². The smallest absolute Gasteiger partial charge is 1.00 e. The number of hydrogen-bond donors (Lipinski definition) is 0. The van der Waals surface area contributed by atoms with Crippen LogP contribution in [-0.4, -0.2) is 37.1 Å². The minimum atomic E-state index is -0.0244. The molecular formula is C11H27ClMgSi.